The molecule has 3 aromatic rings. The van der Waals surface area contributed by atoms with Gasteiger partial charge < -0.3 is 4.57 Å². The van der Waals surface area contributed by atoms with Gasteiger partial charge in [-0.15, -0.1) is 0 Å². The first-order valence-electron chi connectivity index (χ1n) is 6.37. The zero-order valence-electron chi connectivity index (χ0n) is 11.1. The molecular weight excluding hydrogens is 288 g/mol. The van der Waals surface area contributed by atoms with Gasteiger partial charge in [0.15, 0.2) is 0 Å². The van der Waals surface area contributed by atoms with Crippen LogP contribution in [0.25, 0.3) is 10.9 Å². The summed E-state index contributed by atoms with van der Waals surface area (Å²) < 4.78 is 2.06. The minimum absolute atomic E-state index is 0.354. The van der Waals surface area contributed by atoms with Gasteiger partial charge in [0.2, 0.25) is 0 Å². The Morgan fingerprint density at radius 1 is 1.29 bits per heavy atom. The smallest absolute Gasteiger partial charge is 0.266 e. The van der Waals surface area contributed by atoms with Crippen LogP contribution in [-0.2, 0) is 6.54 Å². The molecule has 1 amide bonds. The number of rotatable bonds is 3. The third-order valence-electron chi connectivity index (χ3n) is 3.29. The highest BCUT2D eigenvalue weighted by Crippen LogP contribution is 2.21. The molecule has 0 fully saturated rings. The van der Waals surface area contributed by atoms with Crippen LogP contribution in [0, 0.1) is 0 Å². The molecule has 106 valence electrons. The van der Waals surface area contributed by atoms with E-state index in [1.54, 1.807) is 12.1 Å². The van der Waals surface area contributed by atoms with Gasteiger partial charge in [-0.25, -0.2) is 5.84 Å². The second-order valence-electron chi connectivity index (χ2n) is 4.66. The molecule has 21 heavy (non-hydrogen) atoms. The lowest BCUT2D eigenvalue weighted by Gasteiger charge is -2.06. The number of nitrogens with zero attached hydrogens (tertiary/aromatic N) is 2. The number of nitrogens with two attached hydrogens (primary N) is 1. The Morgan fingerprint density at radius 3 is 2.86 bits per heavy atom. The van der Waals surface area contributed by atoms with Crippen molar-refractivity contribution in [3.8, 4) is 0 Å². The number of nitrogens with one attached hydrogen (secondary N) is 1. The molecule has 1 aromatic carbocycles. The molecule has 0 saturated carbocycles. The van der Waals surface area contributed by atoms with Crippen molar-refractivity contribution in [2.45, 2.75) is 6.54 Å². The fourth-order valence-corrected chi connectivity index (χ4v) is 2.37. The summed E-state index contributed by atoms with van der Waals surface area (Å²) in [6.07, 6.45) is 3.50. The number of halogens is 1. The van der Waals surface area contributed by atoms with Gasteiger partial charge in [-0.2, -0.15) is 0 Å². The number of hydrazine groups is 1. The van der Waals surface area contributed by atoms with Gasteiger partial charge in [0.05, 0.1) is 17.8 Å². The van der Waals surface area contributed by atoms with Crippen LogP contribution < -0.4 is 11.3 Å². The predicted octanol–water partition coefficient (Wildman–Crippen LogP) is 2.34. The zero-order chi connectivity index (χ0) is 14.8. The van der Waals surface area contributed by atoms with Crippen molar-refractivity contribution in [1.82, 2.24) is 15.0 Å². The molecule has 0 spiro atoms. The molecule has 0 unspecified atom stereocenters. The Bertz CT molecular complexity index is 795. The average Bonchev–Trinajstić information content (AvgIpc) is 2.89. The van der Waals surface area contributed by atoms with Gasteiger partial charge in [0.25, 0.3) is 5.91 Å². The van der Waals surface area contributed by atoms with Crippen LogP contribution in [-0.4, -0.2) is 15.5 Å². The monoisotopic (exact) mass is 300 g/mol. The van der Waals surface area contributed by atoms with E-state index in [0.717, 1.165) is 16.6 Å². The molecule has 3 N–H and O–H groups in total. The highest BCUT2D eigenvalue weighted by atomic mass is 35.5. The number of carbonyl (C=O) groups excluding carboxylic acids is 1. The maximum absolute atomic E-state index is 11.4. The third-order valence-corrected chi connectivity index (χ3v) is 3.52. The molecule has 0 bridgehead atoms. The summed E-state index contributed by atoms with van der Waals surface area (Å²) >= 11 is 6.04. The first kappa shape index (κ1) is 13.6. The van der Waals surface area contributed by atoms with E-state index in [1.165, 1.54) is 6.20 Å². The second kappa shape index (κ2) is 5.55. The molecule has 0 atom stereocenters. The first-order valence-corrected chi connectivity index (χ1v) is 6.75. The Balaban J connectivity index is 1.88. The van der Waals surface area contributed by atoms with Gasteiger partial charge in [0, 0.05) is 22.9 Å². The number of aromatic nitrogens is 2. The first-order chi connectivity index (χ1) is 10.2. The van der Waals surface area contributed by atoms with Gasteiger partial charge in [-0.1, -0.05) is 17.7 Å². The van der Waals surface area contributed by atoms with Gasteiger partial charge in [0.1, 0.15) is 0 Å². The van der Waals surface area contributed by atoms with Crippen molar-refractivity contribution in [3.63, 3.8) is 0 Å². The van der Waals surface area contributed by atoms with E-state index in [-0.39, 0.29) is 5.91 Å². The molecule has 5 nitrogen and oxygen atoms in total. The molecule has 0 aliphatic heterocycles. The number of fused-ring (bicyclic) bond motifs is 1. The number of benzene rings is 1. The molecule has 2 heterocycles. The van der Waals surface area contributed by atoms with Crippen LogP contribution >= 0.6 is 11.6 Å². The molecule has 0 aliphatic rings. The average molecular weight is 301 g/mol. The number of amides is 1. The van der Waals surface area contributed by atoms with Gasteiger partial charge >= 0.3 is 0 Å². The van der Waals surface area contributed by atoms with Gasteiger partial charge in [-0.05, 0) is 35.7 Å². The molecular formula is C15H13ClN4O. The van der Waals surface area contributed by atoms with Crippen LogP contribution in [0.2, 0.25) is 5.02 Å². The quantitative estimate of drug-likeness (QED) is 0.443. The molecule has 2 aromatic heterocycles. The predicted molar refractivity (Wildman–Crippen MR) is 81.9 cm³/mol. The summed E-state index contributed by atoms with van der Waals surface area (Å²) in [5.74, 6) is 4.73. The summed E-state index contributed by atoms with van der Waals surface area (Å²) in [5, 5.41) is 1.82. The highest BCUT2D eigenvalue weighted by molar-refractivity contribution is 6.31. The zero-order valence-corrected chi connectivity index (χ0v) is 11.8. The van der Waals surface area contributed by atoms with E-state index in [0.29, 0.717) is 17.1 Å². The van der Waals surface area contributed by atoms with Crippen molar-refractivity contribution >= 4 is 28.4 Å². The fraction of sp³-hybridized carbons (Fsp3) is 0.0667. The van der Waals surface area contributed by atoms with E-state index >= 15 is 0 Å². The Hall–Kier alpha value is -2.37. The normalized spacial score (nSPS) is 10.8. The topological polar surface area (TPSA) is 72.9 Å². The van der Waals surface area contributed by atoms with Crippen LogP contribution in [0.1, 0.15) is 16.1 Å². The lowest BCUT2D eigenvalue weighted by atomic mass is 10.2. The van der Waals surface area contributed by atoms with Gasteiger partial charge in [-0.3, -0.25) is 15.2 Å². The van der Waals surface area contributed by atoms with Crippen LogP contribution in [0.15, 0.2) is 48.8 Å². The minimum atomic E-state index is -0.354. The summed E-state index contributed by atoms with van der Waals surface area (Å²) in [6, 6.07) is 11.3. The van der Waals surface area contributed by atoms with Crippen molar-refractivity contribution < 1.29 is 4.79 Å². The van der Waals surface area contributed by atoms with Crippen LogP contribution in [0.3, 0.4) is 0 Å². The number of hydrogen-bond acceptors (Lipinski definition) is 3. The Kier molecular flexibility index (Phi) is 3.60. The SMILES string of the molecule is NNC(=O)c1ccc(Cn2ccc3ccc(Cl)cc32)nc1. The number of nitrogen functional groups attached to an aromatic ring is 1. The number of pyridine rings is 1. The molecule has 0 aliphatic carbocycles. The molecule has 6 heteroatoms. The standard InChI is InChI=1S/C15H13ClN4O/c16-12-3-1-10-5-6-20(14(10)7-12)9-13-4-2-11(8-18-13)15(21)19-17/h1-8H,9,17H2,(H,19,21). The van der Waals surface area contributed by atoms with Crippen molar-refractivity contribution in [3.05, 3.63) is 65.1 Å². The van der Waals surface area contributed by atoms with Crippen LogP contribution in [0.5, 0.6) is 0 Å². The molecule has 0 radical (unpaired) electrons. The highest BCUT2D eigenvalue weighted by Gasteiger charge is 2.06. The van der Waals surface area contributed by atoms with E-state index in [2.05, 4.69) is 15.0 Å². The fourth-order valence-electron chi connectivity index (χ4n) is 2.21. The molecule has 0 saturated heterocycles. The van der Waals surface area contributed by atoms with Crippen molar-refractivity contribution in [2.24, 2.45) is 5.84 Å². The summed E-state index contributed by atoms with van der Waals surface area (Å²) in [4.78, 5) is 15.6. The van der Waals surface area contributed by atoms with E-state index in [9.17, 15) is 4.79 Å². The maximum Gasteiger partial charge on any atom is 0.266 e. The van der Waals surface area contributed by atoms with Crippen LogP contribution in [0.4, 0.5) is 0 Å². The summed E-state index contributed by atoms with van der Waals surface area (Å²) in [6.45, 7) is 0.606. The van der Waals surface area contributed by atoms with Crippen molar-refractivity contribution in [1.29, 1.82) is 0 Å². The Morgan fingerprint density at radius 2 is 2.14 bits per heavy atom. The number of carbonyl (C=O) groups is 1. The molecule has 3 rings (SSSR count). The number of hydrogen-bond donors (Lipinski definition) is 2. The maximum atomic E-state index is 11.4. The largest absolute Gasteiger partial charge is 0.341 e. The van der Waals surface area contributed by atoms with Crippen molar-refractivity contribution in [2.75, 3.05) is 0 Å². The lowest BCUT2D eigenvalue weighted by molar-refractivity contribution is 0.0953. The summed E-state index contributed by atoms with van der Waals surface area (Å²) in [5.41, 5.74) is 4.41. The second-order valence-corrected chi connectivity index (χ2v) is 5.09. The minimum Gasteiger partial charge on any atom is -0.341 e. The van der Waals surface area contributed by atoms with E-state index < -0.39 is 0 Å². The lowest BCUT2D eigenvalue weighted by Crippen LogP contribution is -2.30. The third kappa shape index (κ3) is 2.74. The van der Waals surface area contributed by atoms with E-state index in [4.69, 9.17) is 17.4 Å². The van der Waals surface area contributed by atoms with E-state index in [1.807, 2.05) is 30.5 Å². The Labute approximate surface area is 126 Å². The summed E-state index contributed by atoms with van der Waals surface area (Å²) in [7, 11) is 0.